The van der Waals surface area contributed by atoms with Crippen LogP contribution in [0.5, 0.6) is 11.5 Å². The monoisotopic (exact) mass is 529 g/mol. The highest BCUT2D eigenvalue weighted by atomic mass is 127. The first-order chi connectivity index (χ1) is 13.3. The number of aliphatic imine (C=N–C) groups is 1. The number of hydrogen-bond acceptors (Lipinski definition) is 3. The summed E-state index contributed by atoms with van der Waals surface area (Å²) in [6, 6.07) is 7.13. The summed E-state index contributed by atoms with van der Waals surface area (Å²) in [6.07, 6.45) is -2.78. The van der Waals surface area contributed by atoms with E-state index in [1.54, 1.807) is 7.11 Å². The number of halogens is 4. The quantitative estimate of drug-likeness (QED) is 0.304. The topological polar surface area (TPSA) is 54.9 Å². The molecule has 0 radical (unpaired) electrons. The number of benzene rings is 1. The fourth-order valence-corrected chi connectivity index (χ4v) is 3.32. The molecule has 0 amide bonds. The Morgan fingerprint density at radius 1 is 1.24 bits per heavy atom. The molecule has 29 heavy (non-hydrogen) atoms. The van der Waals surface area contributed by atoms with E-state index in [-0.39, 0.29) is 49.0 Å². The average molecular weight is 529 g/mol. The minimum absolute atomic E-state index is 0. The zero-order chi connectivity index (χ0) is 20.6. The van der Waals surface area contributed by atoms with Gasteiger partial charge in [0.05, 0.1) is 19.6 Å². The summed E-state index contributed by atoms with van der Waals surface area (Å²) in [6.45, 7) is 4.80. The van der Waals surface area contributed by atoms with Crippen LogP contribution in [-0.4, -0.2) is 44.5 Å². The number of nitrogens with one attached hydrogen (secondary N) is 2. The Hall–Kier alpha value is -1.39. The van der Waals surface area contributed by atoms with Gasteiger partial charge in [-0.25, -0.2) is 4.99 Å². The van der Waals surface area contributed by atoms with Crippen LogP contribution in [0.3, 0.4) is 0 Å². The van der Waals surface area contributed by atoms with Crippen LogP contribution in [0.1, 0.15) is 39.5 Å². The molecule has 0 saturated heterocycles. The van der Waals surface area contributed by atoms with Gasteiger partial charge in [-0.2, -0.15) is 13.2 Å². The maximum Gasteiger partial charge on any atom is 0.391 e. The number of hydrogen-bond donors (Lipinski definition) is 2. The van der Waals surface area contributed by atoms with E-state index in [1.165, 1.54) is 0 Å². The number of nitrogens with zero attached hydrogens (tertiary/aromatic N) is 1. The molecule has 0 aliphatic heterocycles. The van der Waals surface area contributed by atoms with Crippen molar-refractivity contribution in [3.63, 3.8) is 0 Å². The Kier molecular flexibility index (Phi) is 10.9. The largest absolute Gasteiger partial charge is 0.493 e. The number of alkyl halides is 3. The number of para-hydroxylation sites is 2. The van der Waals surface area contributed by atoms with Crippen molar-refractivity contribution in [2.75, 3.05) is 20.2 Å². The van der Waals surface area contributed by atoms with Crippen LogP contribution in [0.25, 0.3) is 0 Å². The SMILES string of the molecule is CCNC(=NCC(C)Oc1ccccc1OC)NC1CCCC(C(F)(F)F)C1.I. The summed E-state index contributed by atoms with van der Waals surface area (Å²) in [4.78, 5) is 4.49. The molecule has 1 aromatic carbocycles. The number of guanidine groups is 1. The Bertz CT molecular complexity index is 644. The van der Waals surface area contributed by atoms with Crippen LogP contribution in [-0.2, 0) is 0 Å². The van der Waals surface area contributed by atoms with Crippen LogP contribution < -0.4 is 20.1 Å². The van der Waals surface area contributed by atoms with E-state index in [4.69, 9.17) is 9.47 Å². The fourth-order valence-electron chi connectivity index (χ4n) is 3.32. The molecule has 166 valence electrons. The van der Waals surface area contributed by atoms with E-state index in [2.05, 4.69) is 15.6 Å². The number of methoxy groups -OCH3 is 1. The molecule has 2 N–H and O–H groups in total. The van der Waals surface area contributed by atoms with Gasteiger partial charge >= 0.3 is 6.18 Å². The van der Waals surface area contributed by atoms with Gasteiger partial charge in [0.25, 0.3) is 0 Å². The molecule has 5 nitrogen and oxygen atoms in total. The normalized spacial score (nSPS) is 21.0. The fraction of sp³-hybridized carbons (Fsp3) is 0.650. The molecule has 3 unspecified atom stereocenters. The Labute approximate surface area is 187 Å². The van der Waals surface area contributed by atoms with Gasteiger partial charge in [-0.15, -0.1) is 24.0 Å². The van der Waals surface area contributed by atoms with Gasteiger partial charge < -0.3 is 20.1 Å². The second kappa shape index (κ2) is 12.3. The molecule has 0 spiro atoms. The standard InChI is InChI=1S/C20H30F3N3O2.HI/c1-4-24-19(26-16-9-7-8-15(12-16)20(21,22)23)25-13-14(2)28-18-11-6-5-10-17(18)27-3;/h5-6,10-11,14-16H,4,7-9,12-13H2,1-3H3,(H2,24,25,26);1H. The molecule has 9 heteroatoms. The van der Waals surface area contributed by atoms with Gasteiger partial charge in [-0.3, -0.25) is 0 Å². The van der Waals surface area contributed by atoms with E-state index < -0.39 is 12.1 Å². The lowest BCUT2D eigenvalue weighted by atomic mass is 9.85. The Balaban J connectivity index is 0.00000420. The average Bonchev–Trinajstić information content (AvgIpc) is 2.66. The minimum atomic E-state index is -4.13. The third-order valence-corrected chi connectivity index (χ3v) is 4.73. The molecular formula is C20H31F3IN3O2. The zero-order valence-corrected chi connectivity index (χ0v) is 19.4. The van der Waals surface area contributed by atoms with Gasteiger partial charge in [0.1, 0.15) is 6.10 Å². The van der Waals surface area contributed by atoms with Gasteiger partial charge in [0, 0.05) is 12.6 Å². The van der Waals surface area contributed by atoms with Crippen molar-refractivity contribution in [3.05, 3.63) is 24.3 Å². The first-order valence-electron chi connectivity index (χ1n) is 9.74. The van der Waals surface area contributed by atoms with Crippen LogP contribution in [0, 0.1) is 5.92 Å². The highest BCUT2D eigenvalue weighted by molar-refractivity contribution is 14.0. The maximum absolute atomic E-state index is 13.0. The Morgan fingerprint density at radius 2 is 1.93 bits per heavy atom. The predicted octanol–water partition coefficient (Wildman–Crippen LogP) is 4.76. The number of rotatable bonds is 7. The molecule has 3 atom stereocenters. The second-order valence-electron chi connectivity index (χ2n) is 7.05. The van der Waals surface area contributed by atoms with Crippen molar-refractivity contribution in [1.82, 2.24) is 10.6 Å². The molecule has 0 heterocycles. The Morgan fingerprint density at radius 3 is 2.55 bits per heavy atom. The maximum atomic E-state index is 13.0. The summed E-state index contributed by atoms with van der Waals surface area (Å²) < 4.78 is 50.2. The van der Waals surface area contributed by atoms with Gasteiger partial charge in [-0.1, -0.05) is 18.6 Å². The third kappa shape index (κ3) is 8.47. The van der Waals surface area contributed by atoms with Gasteiger partial charge in [0.15, 0.2) is 17.5 Å². The summed E-state index contributed by atoms with van der Waals surface area (Å²) in [5.74, 6) is 0.551. The lowest BCUT2D eigenvalue weighted by Crippen LogP contribution is -2.47. The predicted molar refractivity (Wildman–Crippen MR) is 119 cm³/mol. The lowest BCUT2D eigenvalue weighted by molar-refractivity contribution is -0.183. The zero-order valence-electron chi connectivity index (χ0n) is 17.1. The molecule has 0 aromatic heterocycles. The van der Waals surface area contributed by atoms with Crippen molar-refractivity contribution in [3.8, 4) is 11.5 Å². The molecule has 1 aromatic rings. The first-order valence-corrected chi connectivity index (χ1v) is 9.74. The van der Waals surface area contributed by atoms with Gasteiger partial charge in [0.2, 0.25) is 0 Å². The first kappa shape index (κ1) is 25.6. The van der Waals surface area contributed by atoms with E-state index in [9.17, 15) is 13.2 Å². The second-order valence-corrected chi connectivity index (χ2v) is 7.05. The molecule has 1 aliphatic carbocycles. The van der Waals surface area contributed by atoms with Crippen molar-refractivity contribution in [1.29, 1.82) is 0 Å². The van der Waals surface area contributed by atoms with E-state index in [1.807, 2.05) is 38.1 Å². The van der Waals surface area contributed by atoms with Crippen molar-refractivity contribution < 1.29 is 22.6 Å². The highest BCUT2D eigenvalue weighted by Crippen LogP contribution is 2.37. The highest BCUT2D eigenvalue weighted by Gasteiger charge is 2.42. The van der Waals surface area contributed by atoms with Crippen molar-refractivity contribution in [2.45, 2.75) is 57.9 Å². The summed E-state index contributed by atoms with van der Waals surface area (Å²) in [5.41, 5.74) is 0. The molecule has 1 fully saturated rings. The van der Waals surface area contributed by atoms with E-state index >= 15 is 0 Å². The minimum Gasteiger partial charge on any atom is -0.493 e. The van der Waals surface area contributed by atoms with E-state index in [0.29, 0.717) is 43.4 Å². The van der Waals surface area contributed by atoms with Crippen molar-refractivity contribution in [2.24, 2.45) is 10.9 Å². The van der Waals surface area contributed by atoms with Crippen LogP contribution in [0.2, 0.25) is 0 Å². The molecular weight excluding hydrogens is 498 g/mol. The van der Waals surface area contributed by atoms with Gasteiger partial charge in [-0.05, 0) is 45.2 Å². The number of ether oxygens (including phenoxy) is 2. The van der Waals surface area contributed by atoms with Crippen molar-refractivity contribution >= 4 is 29.9 Å². The summed E-state index contributed by atoms with van der Waals surface area (Å²) in [7, 11) is 1.58. The third-order valence-electron chi connectivity index (χ3n) is 4.73. The molecule has 1 saturated carbocycles. The van der Waals surface area contributed by atoms with Crippen LogP contribution in [0.15, 0.2) is 29.3 Å². The molecule has 1 aliphatic rings. The smallest absolute Gasteiger partial charge is 0.391 e. The van der Waals surface area contributed by atoms with Crippen LogP contribution in [0.4, 0.5) is 13.2 Å². The summed E-state index contributed by atoms with van der Waals surface area (Å²) >= 11 is 0. The lowest BCUT2D eigenvalue weighted by Gasteiger charge is -2.32. The van der Waals surface area contributed by atoms with Crippen LogP contribution >= 0.6 is 24.0 Å². The molecule has 0 bridgehead atoms. The molecule has 2 rings (SSSR count). The van der Waals surface area contributed by atoms with E-state index in [0.717, 1.165) is 0 Å². The summed E-state index contributed by atoms with van der Waals surface area (Å²) in [5, 5.41) is 6.26.